The summed E-state index contributed by atoms with van der Waals surface area (Å²) in [7, 11) is -4.82. The van der Waals surface area contributed by atoms with Gasteiger partial charge in [-0.05, 0) is 78.8 Å². The van der Waals surface area contributed by atoms with Gasteiger partial charge in [-0.15, -0.1) is 0 Å². The van der Waals surface area contributed by atoms with Crippen molar-refractivity contribution in [3.8, 4) is 0 Å². The van der Waals surface area contributed by atoms with Crippen LogP contribution in [0.2, 0.25) is 5.02 Å². The number of benzene rings is 2. The molecule has 3 aromatic rings. The minimum Gasteiger partial charge on any atom is -0.444 e. The third-order valence-electron chi connectivity index (χ3n) is 6.55. The lowest BCUT2D eigenvalue weighted by Crippen LogP contribution is -2.41. The molecule has 0 bridgehead atoms. The van der Waals surface area contributed by atoms with Gasteiger partial charge in [0.15, 0.2) is 0 Å². The minimum absolute atomic E-state index is 0.0842. The van der Waals surface area contributed by atoms with Crippen molar-refractivity contribution in [2.75, 3.05) is 0 Å². The van der Waals surface area contributed by atoms with Gasteiger partial charge in [-0.1, -0.05) is 29.8 Å². The SMILES string of the molecule is CC(C)(C)OC(=O)NCc1cc2cc(Cl)c(B3OC(C)(C)C(C)(C)O3)cc2n1S(=O)(=O)c1ccccc1. The zero-order chi connectivity index (χ0) is 27.4. The Balaban J connectivity index is 1.84. The molecule has 1 aliphatic rings. The van der Waals surface area contributed by atoms with Gasteiger partial charge in [0, 0.05) is 15.9 Å². The number of alkyl carbamates (subject to hydrolysis) is 1. The summed E-state index contributed by atoms with van der Waals surface area (Å²) in [5, 5.41) is 3.63. The number of ether oxygens (including phenoxy) is 1. The van der Waals surface area contributed by atoms with Gasteiger partial charge in [0.2, 0.25) is 0 Å². The van der Waals surface area contributed by atoms with Crippen LogP contribution in [-0.2, 0) is 30.6 Å². The van der Waals surface area contributed by atoms with E-state index in [0.29, 0.717) is 27.1 Å². The average Bonchev–Trinajstić information content (AvgIpc) is 3.23. The molecule has 37 heavy (non-hydrogen) atoms. The Bertz CT molecular complexity index is 1430. The topological polar surface area (TPSA) is 95.9 Å². The van der Waals surface area contributed by atoms with E-state index in [0.717, 1.165) is 0 Å². The Hall–Kier alpha value is -2.53. The van der Waals surface area contributed by atoms with E-state index in [1.165, 1.54) is 16.1 Å². The second-order valence-electron chi connectivity index (χ2n) is 11.1. The van der Waals surface area contributed by atoms with E-state index in [1.54, 1.807) is 57.2 Å². The lowest BCUT2D eigenvalue weighted by Gasteiger charge is -2.32. The highest BCUT2D eigenvalue weighted by Gasteiger charge is 2.52. The van der Waals surface area contributed by atoms with E-state index in [4.69, 9.17) is 25.6 Å². The summed E-state index contributed by atoms with van der Waals surface area (Å²) in [6, 6.07) is 13.2. The molecule has 1 amide bonds. The van der Waals surface area contributed by atoms with Gasteiger partial charge in [0.05, 0.1) is 33.9 Å². The van der Waals surface area contributed by atoms with Crippen molar-refractivity contribution in [1.29, 1.82) is 0 Å². The first-order valence-corrected chi connectivity index (χ1v) is 13.8. The van der Waals surface area contributed by atoms with Crippen LogP contribution in [0.4, 0.5) is 4.79 Å². The Labute approximate surface area is 223 Å². The number of hydrogen-bond acceptors (Lipinski definition) is 6. The molecule has 0 unspecified atom stereocenters. The lowest BCUT2D eigenvalue weighted by atomic mass is 9.78. The van der Waals surface area contributed by atoms with E-state index in [2.05, 4.69) is 5.32 Å². The maximum Gasteiger partial charge on any atom is 0.496 e. The maximum atomic E-state index is 13.9. The van der Waals surface area contributed by atoms with Crippen molar-refractivity contribution in [2.24, 2.45) is 0 Å². The van der Waals surface area contributed by atoms with Crippen LogP contribution < -0.4 is 10.8 Å². The normalized spacial score (nSPS) is 17.2. The fraction of sp³-hybridized carbons (Fsp3) is 0.423. The van der Waals surface area contributed by atoms with Gasteiger partial charge < -0.3 is 19.4 Å². The molecule has 1 saturated heterocycles. The molecule has 198 valence electrons. The number of halogens is 1. The number of nitrogens with one attached hydrogen (secondary N) is 1. The largest absolute Gasteiger partial charge is 0.496 e. The summed E-state index contributed by atoms with van der Waals surface area (Å²) in [6.07, 6.45) is -0.655. The molecular weight excluding hydrogens is 515 g/mol. The molecule has 1 aromatic heterocycles. The van der Waals surface area contributed by atoms with Gasteiger partial charge in [0.25, 0.3) is 10.0 Å². The molecule has 0 aliphatic carbocycles. The summed E-state index contributed by atoms with van der Waals surface area (Å²) < 4.78 is 46.6. The van der Waals surface area contributed by atoms with Gasteiger partial charge in [-0.2, -0.15) is 0 Å². The predicted octanol–water partition coefficient (Wildman–Crippen LogP) is 4.86. The summed E-state index contributed by atoms with van der Waals surface area (Å²) in [5.41, 5.74) is -0.654. The molecule has 0 radical (unpaired) electrons. The summed E-state index contributed by atoms with van der Waals surface area (Å²) in [4.78, 5) is 12.4. The Morgan fingerprint density at radius 2 is 1.65 bits per heavy atom. The van der Waals surface area contributed by atoms with Crippen molar-refractivity contribution in [3.63, 3.8) is 0 Å². The van der Waals surface area contributed by atoms with Crippen molar-refractivity contribution >= 4 is 51.2 Å². The van der Waals surface area contributed by atoms with E-state index in [9.17, 15) is 13.2 Å². The van der Waals surface area contributed by atoms with Crippen LogP contribution in [0.1, 0.15) is 54.2 Å². The molecule has 0 atom stereocenters. The molecule has 11 heteroatoms. The van der Waals surface area contributed by atoms with Crippen molar-refractivity contribution in [3.05, 3.63) is 59.2 Å². The Kier molecular flexibility index (Phi) is 6.95. The molecule has 2 heterocycles. The molecule has 2 aromatic carbocycles. The quantitative estimate of drug-likeness (QED) is 0.459. The number of nitrogens with zero attached hydrogens (tertiary/aromatic N) is 1. The highest BCUT2D eigenvalue weighted by Crippen LogP contribution is 2.38. The summed E-state index contributed by atoms with van der Waals surface area (Å²) >= 11 is 6.65. The van der Waals surface area contributed by atoms with Crippen LogP contribution in [0, 0.1) is 0 Å². The summed E-state index contributed by atoms with van der Waals surface area (Å²) in [5.74, 6) is 0. The van der Waals surface area contributed by atoms with Gasteiger partial charge >= 0.3 is 13.2 Å². The van der Waals surface area contributed by atoms with Crippen molar-refractivity contribution in [1.82, 2.24) is 9.29 Å². The summed E-state index contributed by atoms with van der Waals surface area (Å²) in [6.45, 7) is 12.9. The molecule has 8 nitrogen and oxygen atoms in total. The van der Waals surface area contributed by atoms with Crippen molar-refractivity contribution < 1.29 is 27.3 Å². The third-order valence-corrected chi connectivity index (χ3v) is 8.66. The highest BCUT2D eigenvalue weighted by molar-refractivity contribution is 7.90. The highest BCUT2D eigenvalue weighted by atomic mass is 35.5. The average molecular weight is 547 g/mol. The van der Waals surface area contributed by atoms with Crippen LogP contribution in [0.25, 0.3) is 10.9 Å². The van der Waals surface area contributed by atoms with Gasteiger partial charge in [0.1, 0.15) is 5.60 Å². The number of hydrogen-bond donors (Lipinski definition) is 1. The molecule has 1 aliphatic heterocycles. The zero-order valence-electron chi connectivity index (χ0n) is 22.1. The number of rotatable bonds is 5. The molecular formula is C26H32BClN2O6S. The predicted molar refractivity (Wildman–Crippen MR) is 145 cm³/mol. The third kappa shape index (κ3) is 5.39. The Morgan fingerprint density at radius 3 is 2.22 bits per heavy atom. The fourth-order valence-corrected chi connectivity index (χ4v) is 5.83. The molecule has 4 rings (SSSR count). The van der Waals surface area contributed by atoms with E-state index < -0.39 is 40.0 Å². The first-order valence-electron chi connectivity index (χ1n) is 12.0. The van der Waals surface area contributed by atoms with Crippen LogP contribution in [0.15, 0.2) is 53.4 Å². The second kappa shape index (κ2) is 9.34. The van der Waals surface area contributed by atoms with Crippen LogP contribution in [0.3, 0.4) is 0 Å². The van der Waals surface area contributed by atoms with Crippen LogP contribution in [-0.4, -0.2) is 42.4 Å². The molecule has 0 spiro atoms. The fourth-order valence-electron chi connectivity index (χ4n) is 4.01. The monoisotopic (exact) mass is 546 g/mol. The van der Waals surface area contributed by atoms with E-state index in [1.807, 2.05) is 27.7 Å². The number of aromatic nitrogens is 1. The number of fused-ring (bicyclic) bond motifs is 1. The Morgan fingerprint density at radius 1 is 1.05 bits per heavy atom. The standard InChI is InChI=1S/C26H32BClN2O6S/c1-24(2,3)34-23(31)29-16-18-13-17-14-21(28)20(27-35-25(4,5)26(6,7)36-27)15-22(17)30(18)37(32,33)19-11-9-8-10-12-19/h8-15H,16H2,1-7H3,(H,29,31). The zero-order valence-corrected chi connectivity index (χ0v) is 23.7. The first kappa shape index (κ1) is 27.5. The van der Waals surface area contributed by atoms with Gasteiger partial charge in [-0.25, -0.2) is 17.2 Å². The van der Waals surface area contributed by atoms with Gasteiger partial charge in [-0.3, -0.25) is 0 Å². The number of carbonyl (C=O) groups is 1. The molecule has 1 N–H and O–H groups in total. The first-order chi connectivity index (χ1) is 17.0. The minimum atomic E-state index is -4.03. The second-order valence-corrected chi connectivity index (χ2v) is 13.3. The van der Waals surface area contributed by atoms with Crippen LogP contribution >= 0.6 is 11.6 Å². The lowest BCUT2D eigenvalue weighted by molar-refractivity contribution is 0.00578. The molecule has 0 saturated carbocycles. The number of amides is 1. The van der Waals surface area contributed by atoms with Crippen molar-refractivity contribution in [2.45, 2.75) is 76.7 Å². The molecule has 1 fully saturated rings. The number of carbonyl (C=O) groups excluding carboxylic acids is 1. The maximum absolute atomic E-state index is 13.9. The van der Waals surface area contributed by atoms with E-state index in [-0.39, 0.29) is 11.4 Å². The van der Waals surface area contributed by atoms with Crippen LogP contribution in [0.5, 0.6) is 0 Å². The smallest absolute Gasteiger partial charge is 0.444 e. The van der Waals surface area contributed by atoms with E-state index >= 15 is 0 Å².